The van der Waals surface area contributed by atoms with Gasteiger partial charge in [0.1, 0.15) is 0 Å². The van der Waals surface area contributed by atoms with E-state index in [1.807, 2.05) is 26.0 Å². The Balaban J connectivity index is 2.00. The molecule has 0 fully saturated rings. The van der Waals surface area contributed by atoms with Crippen LogP contribution in [0.3, 0.4) is 0 Å². The number of carbonyl (C=O) groups excluding carboxylic acids is 3. The lowest BCUT2D eigenvalue weighted by Crippen LogP contribution is -2.22. The van der Waals surface area contributed by atoms with E-state index >= 15 is 0 Å². The maximum absolute atomic E-state index is 12.1. The molecule has 0 spiro atoms. The van der Waals surface area contributed by atoms with Crippen molar-refractivity contribution in [2.45, 2.75) is 20.8 Å². The Bertz CT molecular complexity index is 857. The molecule has 2 rings (SSSR count). The summed E-state index contributed by atoms with van der Waals surface area (Å²) in [4.78, 5) is 35.8. The molecule has 6 heteroatoms. The molecule has 0 aliphatic carbocycles. The van der Waals surface area contributed by atoms with Crippen molar-refractivity contribution in [2.24, 2.45) is 0 Å². The highest BCUT2D eigenvalue weighted by atomic mass is 16.5. The minimum Gasteiger partial charge on any atom is -0.465 e. The van der Waals surface area contributed by atoms with Crippen molar-refractivity contribution < 1.29 is 23.9 Å². The lowest BCUT2D eigenvalue weighted by atomic mass is 10.1. The second-order valence-electron chi connectivity index (χ2n) is 5.96. The molecule has 26 heavy (non-hydrogen) atoms. The third-order valence-electron chi connectivity index (χ3n) is 3.87. The number of ether oxygens (including phenoxy) is 2. The highest BCUT2D eigenvalue weighted by Crippen LogP contribution is 2.18. The summed E-state index contributed by atoms with van der Waals surface area (Å²) in [6.07, 6.45) is 0. The molecule has 0 bridgehead atoms. The van der Waals surface area contributed by atoms with Crippen LogP contribution in [0.15, 0.2) is 36.4 Å². The number of hydrogen-bond donors (Lipinski definition) is 1. The Morgan fingerprint density at radius 1 is 0.923 bits per heavy atom. The van der Waals surface area contributed by atoms with Gasteiger partial charge in [-0.25, -0.2) is 9.59 Å². The zero-order valence-corrected chi connectivity index (χ0v) is 15.2. The number of methoxy groups -OCH3 is 1. The number of esters is 2. The fourth-order valence-corrected chi connectivity index (χ4v) is 2.44. The molecular weight excluding hydrogens is 334 g/mol. The van der Waals surface area contributed by atoms with Crippen molar-refractivity contribution in [2.75, 3.05) is 19.0 Å². The molecular formula is C20H21NO5. The third-order valence-corrected chi connectivity index (χ3v) is 3.87. The van der Waals surface area contributed by atoms with Crippen LogP contribution in [-0.4, -0.2) is 31.6 Å². The number of amides is 1. The van der Waals surface area contributed by atoms with Crippen LogP contribution in [0, 0.1) is 20.8 Å². The summed E-state index contributed by atoms with van der Waals surface area (Å²) in [6.45, 7) is 5.11. The van der Waals surface area contributed by atoms with Gasteiger partial charge in [-0.2, -0.15) is 0 Å². The van der Waals surface area contributed by atoms with E-state index in [0.717, 1.165) is 16.7 Å². The first kappa shape index (κ1) is 19.2. The van der Waals surface area contributed by atoms with Gasteiger partial charge < -0.3 is 14.8 Å². The van der Waals surface area contributed by atoms with E-state index in [-0.39, 0.29) is 0 Å². The molecule has 0 aliphatic heterocycles. The topological polar surface area (TPSA) is 81.7 Å². The van der Waals surface area contributed by atoms with E-state index in [4.69, 9.17) is 4.74 Å². The van der Waals surface area contributed by atoms with Crippen molar-refractivity contribution in [1.29, 1.82) is 0 Å². The first-order chi connectivity index (χ1) is 12.3. The summed E-state index contributed by atoms with van der Waals surface area (Å²) in [5.41, 5.74) is 3.80. The van der Waals surface area contributed by atoms with Crippen LogP contribution in [0.25, 0.3) is 0 Å². The van der Waals surface area contributed by atoms with Gasteiger partial charge in [0.2, 0.25) is 0 Å². The molecule has 0 aromatic heterocycles. The van der Waals surface area contributed by atoms with E-state index in [2.05, 4.69) is 10.1 Å². The van der Waals surface area contributed by atoms with Gasteiger partial charge in [0.15, 0.2) is 6.61 Å². The number of benzene rings is 2. The van der Waals surface area contributed by atoms with Gasteiger partial charge in [-0.15, -0.1) is 0 Å². The van der Waals surface area contributed by atoms with Gasteiger partial charge in [0.25, 0.3) is 5.91 Å². The smallest absolute Gasteiger partial charge is 0.338 e. The minimum absolute atomic E-state index is 0.320. The van der Waals surface area contributed by atoms with Gasteiger partial charge in [0.05, 0.1) is 18.2 Å². The van der Waals surface area contributed by atoms with Crippen molar-refractivity contribution in [3.05, 3.63) is 64.2 Å². The van der Waals surface area contributed by atoms with Crippen molar-refractivity contribution in [3.8, 4) is 0 Å². The molecule has 0 heterocycles. The second kappa shape index (κ2) is 8.29. The summed E-state index contributed by atoms with van der Waals surface area (Å²) in [6, 6.07) is 10.2. The molecule has 0 unspecified atom stereocenters. The maximum atomic E-state index is 12.1. The van der Waals surface area contributed by atoms with Crippen molar-refractivity contribution in [3.63, 3.8) is 0 Å². The standard InChI is InChI=1S/C20H21NO5/c1-12-5-8-16(14(3)9-12)20(24)26-11-18(22)21-17-10-15(19(23)25-4)7-6-13(17)2/h5-10H,11H2,1-4H3,(H,21,22). The van der Waals surface area contributed by atoms with Crippen LogP contribution < -0.4 is 5.32 Å². The second-order valence-corrected chi connectivity index (χ2v) is 5.96. The molecule has 0 atom stereocenters. The van der Waals surface area contributed by atoms with Gasteiger partial charge in [-0.05, 0) is 50.1 Å². The van der Waals surface area contributed by atoms with E-state index in [0.29, 0.717) is 16.8 Å². The van der Waals surface area contributed by atoms with Crippen LogP contribution in [-0.2, 0) is 14.3 Å². The Kier molecular flexibility index (Phi) is 6.11. The molecule has 0 radical (unpaired) electrons. The van der Waals surface area contributed by atoms with Crippen molar-refractivity contribution >= 4 is 23.5 Å². The Hall–Kier alpha value is -3.15. The van der Waals surface area contributed by atoms with E-state index in [1.54, 1.807) is 25.1 Å². The molecule has 0 saturated heterocycles. The number of hydrogen-bond acceptors (Lipinski definition) is 5. The van der Waals surface area contributed by atoms with Gasteiger partial charge in [0, 0.05) is 5.69 Å². The zero-order chi connectivity index (χ0) is 19.3. The molecule has 6 nitrogen and oxygen atoms in total. The average molecular weight is 355 g/mol. The SMILES string of the molecule is COC(=O)c1ccc(C)c(NC(=O)COC(=O)c2ccc(C)cc2C)c1. The van der Waals surface area contributed by atoms with Crippen LogP contribution in [0.5, 0.6) is 0 Å². The lowest BCUT2D eigenvalue weighted by molar-refractivity contribution is -0.119. The van der Waals surface area contributed by atoms with Crippen LogP contribution >= 0.6 is 0 Å². The highest BCUT2D eigenvalue weighted by Gasteiger charge is 2.14. The van der Waals surface area contributed by atoms with Crippen molar-refractivity contribution in [1.82, 2.24) is 0 Å². The Labute approximate surface area is 152 Å². The first-order valence-electron chi connectivity index (χ1n) is 8.05. The fourth-order valence-electron chi connectivity index (χ4n) is 2.44. The quantitative estimate of drug-likeness (QED) is 0.833. The number of aryl methyl sites for hydroxylation is 3. The van der Waals surface area contributed by atoms with Crippen LogP contribution in [0.4, 0.5) is 5.69 Å². The summed E-state index contributed by atoms with van der Waals surface area (Å²) in [5.74, 6) is -1.55. The Morgan fingerprint density at radius 2 is 1.65 bits per heavy atom. The van der Waals surface area contributed by atoms with Gasteiger partial charge in [-0.3, -0.25) is 4.79 Å². The van der Waals surface area contributed by atoms with Crippen LogP contribution in [0.1, 0.15) is 37.4 Å². The molecule has 1 amide bonds. The normalized spacial score (nSPS) is 10.2. The third kappa shape index (κ3) is 4.69. The predicted molar refractivity (Wildman–Crippen MR) is 97.3 cm³/mol. The monoisotopic (exact) mass is 355 g/mol. The zero-order valence-electron chi connectivity index (χ0n) is 15.2. The van der Waals surface area contributed by atoms with E-state index < -0.39 is 24.5 Å². The number of anilines is 1. The predicted octanol–water partition coefficient (Wildman–Crippen LogP) is 3.19. The molecule has 1 N–H and O–H groups in total. The average Bonchev–Trinajstić information content (AvgIpc) is 2.61. The summed E-state index contributed by atoms with van der Waals surface area (Å²) in [7, 11) is 1.28. The van der Waals surface area contributed by atoms with Crippen LogP contribution in [0.2, 0.25) is 0 Å². The highest BCUT2D eigenvalue weighted by molar-refractivity contribution is 5.98. The summed E-state index contributed by atoms with van der Waals surface area (Å²) < 4.78 is 9.74. The maximum Gasteiger partial charge on any atom is 0.338 e. The molecule has 2 aromatic carbocycles. The molecule has 136 valence electrons. The fraction of sp³-hybridized carbons (Fsp3) is 0.250. The first-order valence-corrected chi connectivity index (χ1v) is 8.05. The number of nitrogens with one attached hydrogen (secondary N) is 1. The number of rotatable bonds is 5. The van der Waals surface area contributed by atoms with E-state index in [9.17, 15) is 14.4 Å². The van der Waals surface area contributed by atoms with Gasteiger partial charge >= 0.3 is 11.9 Å². The number of carbonyl (C=O) groups is 3. The molecule has 0 aliphatic rings. The summed E-state index contributed by atoms with van der Waals surface area (Å²) in [5, 5.41) is 2.64. The molecule has 0 saturated carbocycles. The largest absolute Gasteiger partial charge is 0.465 e. The Morgan fingerprint density at radius 3 is 2.31 bits per heavy atom. The van der Waals surface area contributed by atoms with E-state index in [1.165, 1.54) is 13.2 Å². The minimum atomic E-state index is -0.558. The molecule has 2 aromatic rings. The van der Waals surface area contributed by atoms with Gasteiger partial charge in [-0.1, -0.05) is 23.8 Å². The lowest BCUT2D eigenvalue weighted by Gasteiger charge is -2.11. The summed E-state index contributed by atoms with van der Waals surface area (Å²) >= 11 is 0.